The lowest BCUT2D eigenvalue weighted by molar-refractivity contribution is 0.0950. The Balaban J connectivity index is 1.72. The van der Waals surface area contributed by atoms with Crippen LogP contribution in [0.3, 0.4) is 0 Å². The lowest BCUT2D eigenvalue weighted by atomic mass is 10.1. The van der Waals surface area contributed by atoms with Gasteiger partial charge in [-0.15, -0.1) is 0 Å². The molecular formula is C19H17N3O. The molecule has 0 unspecified atom stereocenters. The lowest BCUT2D eigenvalue weighted by Gasteiger charge is -2.08. The number of rotatable bonds is 4. The average molecular weight is 303 g/mol. The van der Waals surface area contributed by atoms with Gasteiger partial charge in [0.05, 0.1) is 5.69 Å². The van der Waals surface area contributed by atoms with Crippen LogP contribution in [0.4, 0.5) is 0 Å². The van der Waals surface area contributed by atoms with Crippen molar-refractivity contribution >= 4 is 5.91 Å². The van der Waals surface area contributed by atoms with Crippen molar-refractivity contribution < 1.29 is 4.79 Å². The minimum Gasteiger partial charge on any atom is -0.348 e. The van der Waals surface area contributed by atoms with E-state index in [-0.39, 0.29) is 5.91 Å². The van der Waals surface area contributed by atoms with E-state index in [0.717, 1.165) is 22.4 Å². The Hall–Kier alpha value is -3.01. The molecule has 0 saturated carbocycles. The number of carbonyl (C=O) groups is 1. The van der Waals surface area contributed by atoms with Gasteiger partial charge in [0.2, 0.25) is 0 Å². The van der Waals surface area contributed by atoms with Crippen molar-refractivity contribution in [3.63, 3.8) is 0 Å². The highest BCUT2D eigenvalue weighted by Crippen LogP contribution is 2.16. The standard InChI is InChI=1S/C19H17N3O/c1-14-4-2-3-5-17(14)19(23)22-13-15-6-11-21-18(12-15)16-7-9-20-10-8-16/h2-12H,13H2,1H3,(H,22,23). The van der Waals surface area contributed by atoms with E-state index in [2.05, 4.69) is 15.3 Å². The molecule has 0 aliphatic heterocycles. The summed E-state index contributed by atoms with van der Waals surface area (Å²) in [5, 5.41) is 2.96. The Kier molecular flexibility index (Phi) is 4.43. The molecule has 0 aliphatic carbocycles. The fourth-order valence-electron chi connectivity index (χ4n) is 2.37. The molecule has 3 rings (SSSR count). The number of pyridine rings is 2. The number of benzene rings is 1. The normalized spacial score (nSPS) is 10.3. The maximum atomic E-state index is 12.3. The third-order valence-electron chi connectivity index (χ3n) is 3.64. The van der Waals surface area contributed by atoms with Crippen molar-refractivity contribution in [2.24, 2.45) is 0 Å². The van der Waals surface area contributed by atoms with Gasteiger partial charge in [0, 0.05) is 36.3 Å². The number of aryl methyl sites for hydroxylation is 1. The van der Waals surface area contributed by atoms with Crippen LogP contribution in [0.1, 0.15) is 21.5 Å². The summed E-state index contributed by atoms with van der Waals surface area (Å²) in [6, 6.07) is 15.3. The largest absolute Gasteiger partial charge is 0.348 e. The van der Waals surface area contributed by atoms with Crippen LogP contribution in [0.15, 0.2) is 67.1 Å². The monoisotopic (exact) mass is 303 g/mol. The van der Waals surface area contributed by atoms with E-state index in [1.54, 1.807) is 18.6 Å². The Labute approximate surface area is 135 Å². The topological polar surface area (TPSA) is 54.9 Å². The van der Waals surface area contributed by atoms with Gasteiger partial charge in [-0.2, -0.15) is 0 Å². The fraction of sp³-hybridized carbons (Fsp3) is 0.105. The average Bonchev–Trinajstić information content (AvgIpc) is 2.61. The number of carbonyl (C=O) groups excluding carboxylic acids is 1. The molecule has 4 heteroatoms. The van der Waals surface area contributed by atoms with Crippen LogP contribution in [0.5, 0.6) is 0 Å². The Bertz CT molecular complexity index is 816. The highest BCUT2D eigenvalue weighted by molar-refractivity contribution is 5.95. The van der Waals surface area contributed by atoms with Gasteiger partial charge >= 0.3 is 0 Å². The number of aromatic nitrogens is 2. The molecule has 114 valence electrons. The highest BCUT2D eigenvalue weighted by Gasteiger charge is 2.08. The van der Waals surface area contributed by atoms with Crippen molar-refractivity contribution in [1.29, 1.82) is 0 Å². The minimum absolute atomic E-state index is 0.0645. The summed E-state index contributed by atoms with van der Waals surface area (Å²) < 4.78 is 0. The summed E-state index contributed by atoms with van der Waals surface area (Å²) in [4.78, 5) is 20.6. The molecule has 2 aromatic heterocycles. The van der Waals surface area contributed by atoms with Gasteiger partial charge in [-0.3, -0.25) is 14.8 Å². The smallest absolute Gasteiger partial charge is 0.251 e. The second-order valence-corrected chi connectivity index (χ2v) is 5.28. The fourth-order valence-corrected chi connectivity index (χ4v) is 2.37. The van der Waals surface area contributed by atoms with E-state index in [1.165, 1.54) is 0 Å². The number of hydrogen-bond donors (Lipinski definition) is 1. The molecule has 23 heavy (non-hydrogen) atoms. The van der Waals surface area contributed by atoms with Crippen LogP contribution in [0, 0.1) is 6.92 Å². The summed E-state index contributed by atoms with van der Waals surface area (Å²) in [5.41, 5.74) is 4.56. The first-order valence-corrected chi connectivity index (χ1v) is 7.43. The third-order valence-corrected chi connectivity index (χ3v) is 3.64. The molecular weight excluding hydrogens is 286 g/mol. The van der Waals surface area contributed by atoms with E-state index in [4.69, 9.17) is 0 Å². The molecule has 0 fully saturated rings. The maximum Gasteiger partial charge on any atom is 0.251 e. The molecule has 3 aromatic rings. The zero-order valence-corrected chi connectivity index (χ0v) is 12.9. The quantitative estimate of drug-likeness (QED) is 0.804. The van der Waals surface area contributed by atoms with Crippen LogP contribution in [0.2, 0.25) is 0 Å². The number of hydrogen-bond acceptors (Lipinski definition) is 3. The van der Waals surface area contributed by atoms with E-state index in [9.17, 15) is 4.79 Å². The summed E-state index contributed by atoms with van der Waals surface area (Å²) in [6.07, 6.45) is 5.23. The van der Waals surface area contributed by atoms with E-state index >= 15 is 0 Å². The molecule has 4 nitrogen and oxygen atoms in total. The van der Waals surface area contributed by atoms with Crippen molar-refractivity contribution in [1.82, 2.24) is 15.3 Å². The predicted octanol–water partition coefficient (Wildman–Crippen LogP) is 3.38. The van der Waals surface area contributed by atoms with Crippen molar-refractivity contribution in [3.05, 3.63) is 83.8 Å². The zero-order chi connectivity index (χ0) is 16.1. The van der Waals surface area contributed by atoms with Crippen LogP contribution < -0.4 is 5.32 Å². The zero-order valence-electron chi connectivity index (χ0n) is 12.9. The van der Waals surface area contributed by atoms with E-state index in [1.807, 2.05) is 55.5 Å². The van der Waals surface area contributed by atoms with Crippen LogP contribution in [-0.4, -0.2) is 15.9 Å². The van der Waals surface area contributed by atoms with Crippen LogP contribution in [-0.2, 0) is 6.54 Å². The first-order chi connectivity index (χ1) is 11.2. The van der Waals surface area contributed by atoms with E-state index in [0.29, 0.717) is 12.1 Å². The van der Waals surface area contributed by atoms with E-state index < -0.39 is 0 Å². The summed E-state index contributed by atoms with van der Waals surface area (Å²) in [5.74, 6) is -0.0645. The summed E-state index contributed by atoms with van der Waals surface area (Å²) in [6.45, 7) is 2.40. The van der Waals surface area contributed by atoms with Gasteiger partial charge in [-0.25, -0.2) is 0 Å². The van der Waals surface area contributed by atoms with Crippen molar-refractivity contribution in [2.45, 2.75) is 13.5 Å². The molecule has 0 radical (unpaired) electrons. The van der Waals surface area contributed by atoms with Gasteiger partial charge in [-0.05, 0) is 48.4 Å². The highest BCUT2D eigenvalue weighted by atomic mass is 16.1. The lowest BCUT2D eigenvalue weighted by Crippen LogP contribution is -2.23. The summed E-state index contributed by atoms with van der Waals surface area (Å²) in [7, 11) is 0. The van der Waals surface area contributed by atoms with Gasteiger partial charge in [0.1, 0.15) is 0 Å². The van der Waals surface area contributed by atoms with Crippen molar-refractivity contribution in [3.8, 4) is 11.3 Å². The molecule has 2 heterocycles. The molecule has 0 aliphatic rings. The maximum absolute atomic E-state index is 12.3. The number of nitrogens with one attached hydrogen (secondary N) is 1. The SMILES string of the molecule is Cc1ccccc1C(=O)NCc1ccnc(-c2ccncc2)c1. The Morgan fingerprint density at radius 1 is 1.04 bits per heavy atom. The second-order valence-electron chi connectivity index (χ2n) is 5.28. The summed E-state index contributed by atoms with van der Waals surface area (Å²) >= 11 is 0. The molecule has 0 bridgehead atoms. The molecule has 0 saturated heterocycles. The molecule has 0 atom stereocenters. The number of nitrogens with zero attached hydrogens (tertiary/aromatic N) is 2. The first-order valence-electron chi connectivity index (χ1n) is 7.43. The van der Waals surface area contributed by atoms with Gasteiger partial charge < -0.3 is 5.32 Å². The van der Waals surface area contributed by atoms with Crippen LogP contribution in [0.25, 0.3) is 11.3 Å². The number of amides is 1. The second kappa shape index (κ2) is 6.83. The molecule has 0 spiro atoms. The van der Waals surface area contributed by atoms with Gasteiger partial charge in [-0.1, -0.05) is 18.2 Å². The molecule has 1 aromatic carbocycles. The molecule has 1 N–H and O–H groups in total. The van der Waals surface area contributed by atoms with Gasteiger partial charge in [0.25, 0.3) is 5.91 Å². The third kappa shape index (κ3) is 3.61. The van der Waals surface area contributed by atoms with Gasteiger partial charge in [0.15, 0.2) is 0 Å². The Morgan fingerprint density at radius 2 is 1.83 bits per heavy atom. The Morgan fingerprint density at radius 3 is 2.61 bits per heavy atom. The predicted molar refractivity (Wildman–Crippen MR) is 89.8 cm³/mol. The minimum atomic E-state index is -0.0645. The molecule has 1 amide bonds. The van der Waals surface area contributed by atoms with Crippen LogP contribution >= 0.6 is 0 Å². The van der Waals surface area contributed by atoms with Crippen molar-refractivity contribution in [2.75, 3.05) is 0 Å². The first kappa shape index (κ1) is 14.9.